The number of benzene rings is 1. The van der Waals surface area contributed by atoms with Crippen LogP contribution in [0.25, 0.3) is 0 Å². The number of ether oxygens (including phenoxy) is 1. The van der Waals surface area contributed by atoms with Crippen molar-refractivity contribution in [2.24, 2.45) is 5.92 Å². The second-order valence-electron chi connectivity index (χ2n) is 7.90. The fourth-order valence-corrected chi connectivity index (χ4v) is 3.99. The zero-order valence-electron chi connectivity index (χ0n) is 16.6. The molecule has 0 radical (unpaired) electrons. The van der Waals surface area contributed by atoms with Crippen molar-refractivity contribution in [3.05, 3.63) is 35.4 Å². The number of carbonyl (C=O) groups excluding carboxylic acids is 2. The third-order valence-electron chi connectivity index (χ3n) is 5.35. The highest BCUT2D eigenvalue weighted by Gasteiger charge is 2.37. The summed E-state index contributed by atoms with van der Waals surface area (Å²) in [4.78, 5) is 29.6. The van der Waals surface area contributed by atoms with E-state index in [0.717, 1.165) is 18.4 Å². The molecule has 2 heterocycles. The highest BCUT2D eigenvalue weighted by Crippen LogP contribution is 2.34. The van der Waals surface area contributed by atoms with Crippen LogP contribution in [0.15, 0.2) is 24.3 Å². The molecule has 27 heavy (non-hydrogen) atoms. The van der Waals surface area contributed by atoms with Gasteiger partial charge >= 0.3 is 6.03 Å². The van der Waals surface area contributed by atoms with Gasteiger partial charge in [-0.3, -0.25) is 4.79 Å². The quantitative estimate of drug-likeness (QED) is 0.886. The van der Waals surface area contributed by atoms with Crippen LogP contribution in [-0.4, -0.2) is 60.6 Å². The number of piperidine rings is 1. The van der Waals surface area contributed by atoms with E-state index in [9.17, 15) is 9.59 Å². The summed E-state index contributed by atoms with van der Waals surface area (Å²) >= 11 is 0. The van der Waals surface area contributed by atoms with Crippen LogP contribution in [0.4, 0.5) is 4.79 Å². The maximum absolute atomic E-state index is 13.0. The van der Waals surface area contributed by atoms with E-state index in [-0.39, 0.29) is 29.9 Å². The van der Waals surface area contributed by atoms with Crippen LogP contribution in [0.3, 0.4) is 0 Å². The van der Waals surface area contributed by atoms with E-state index in [1.165, 1.54) is 5.56 Å². The van der Waals surface area contributed by atoms with Crippen molar-refractivity contribution in [1.82, 2.24) is 15.1 Å². The summed E-state index contributed by atoms with van der Waals surface area (Å²) in [6, 6.07) is 8.31. The summed E-state index contributed by atoms with van der Waals surface area (Å²) in [7, 11) is 0. The van der Waals surface area contributed by atoms with Crippen LogP contribution < -0.4 is 5.32 Å². The standard InChI is InChI=1S/C21H31N3O3/c1-15(2)22-21(26)24-14-18(20(25)23-9-11-27-12-10-23)7-8-19(24)17-6-4-5-16(3)13-17/h4-6,13,15,18-19H,7-12,14H2,1-3H3,(H,22,26). The molecule has 0 bridgehead atoms. The maximum atomic E-state index is 13.0. The number of amides is 3. The van der Waals surface area contributed by atoms with E-state index in [1.807, 2.05) is 29.7 Å². The third kappa shape index (κ3) is 4.80. The van der Waals surface area contributed by atoms with Crippen molar-refractivity contribution < 1.29 is 14.3 Å². The largest absolute Gasteiger partial charge is 0.378 e. The molecule has 2 aliphatic heterocycles. The second-order valence-corrected chi connectivity index (χ2v) is 7.90. The number of nitrogens with zero attached hydrogens (tertiary/aromatic N) is 2. The van der Waals surface area contributed by atoms with Gasteiger partial charge < -0.3 is 19.9 Å². The lowest BCUT2D eigenvalue weighted by Gasteiger charge is -2.41. The average molecular weight is 373 g/mol. The van der Waals surface area contributed by atoms with E-state index >= 15 is 0 Å². The highest BCUT2D eigenvalue weighted by atomic mass is 16.5. The molecule has 6 heteroatoms. The summed E-state index contributed by atoms with van der Waals surface area (Å²) in [6.45, 7) is 8.94. The summed E-state index contributed by atoms with van der Waals surface area (Å²) < 4.78 is 5.36. The predicted octanol–water partition coefficient (Wildman–Crippen LogP) is 2.72. The number of urea groups is 1. The first-order chi connectivity index (χ1) is 13.0. The molecule has 2 unspecified atom stereocenters. The lowest BCUT2D eigenvalue weighted by molar-refractivity contribution is -0.141. The molecule has 0 spiro atoms. The smallest absolute Gasteiger partial charge is 0.318 e. The highest BCUT2D eigenvalue weighted by molar-refractivity contribution is 5.81. The van der Waals surface area contributed by atoms with Gasteiger partial charge in [-0.15, -0.1) is 0 Å². The molecule has 2 fully saturated rings. The number of aryl methyl sites for hydroxylation is 1. The van der Waals surface area contributed by atoms with Gasteiger partial charge in [-0.1, -0.05) is 29.8 Å². The fraction of sp³-hybridized carbons (Fsp3) is 0.619. The Hall–Kier alpha value is -2.08. The van der Waals surface area contributed by atoms with Crippen LogP contribution in [0, 0.1) is 12.8 Å². The molecule has 0 saturated carbocycles. The molecule has 1 aromatic rings. The van der Waals surface area contributed by atoms with Crippen LogP contribution in [0.2, 0.25) is 0 Å². The van der Waals surface area contributed by atoms with Crippen molar-refractivity contribution in [3.63, 3.8) is 0 Å². The first kappa shape index (κ1) is 19.7. The maximum Gasteiger partial charge on any atom is 0.318 e. The summed E-state index contributed by atoms with van der Waals surface area (Å²) in [5, 5.41) is 3.01. The molecule has 6 nitrogen and oxygen atoms in total. The van der Waals surface area contributed by atoms with E-state index in [4.69, 9.17) is 4.74 Å². The molecule has 1 aromatic carbocycles. The Labute approximate surface area is 161 Å². The Morgan fingerprint density at radius 3 is 2.59 bits per heavy atom. The fourth-order valence-electron chi connectivity index (χ4n) is 3.99. The van der Waals surface area contributed by atoms with Crippen molar-refractivity contribution >= 4 is 11.9 Å². The van der Waals surface area contributed by atoms with Gasteiger partial charge in [0.1, 0.15) is 0 Å². The van der Waals surface area contributed by atoms with Crippen LogP contribution in [-0.2, 0) is 9.53 Å². The van der Waals surface area contributed by atoms with Gasteiger partial charge in [-0.05, 0) is 39.2 Å². The van der Waals surface area contributed by atoms with Gasteiger partial charge in [0, 0.05) is 25.7 Å². The van der Waals surface area contributed by atoms with Gasteiger partial charge in [0.2, 0.25) is 5.91 Å². The molecule has 0 aliphatic carbocycles. The first-order valence-corrected chi connectivity index (χ1v) is 9.96. The molecule has 1 N–H and O–H groups in total. The van der Waals surface area contributed by atoms with Crippen LogP contribution >= 0.6 is 0 Å². The number of nitrogens with one attached hydrogen (secondary N) is 1. The molecule has 2 atom stereocenters. The number of rotatable bonds is 3. The van der Waals surface area contributed by atoms with Crippen molar-refractivity contribution in [3.8, 4) is 0 Å². The third-order valence-corrected chi connectivity index (χ3v) is 5.35. The minimum Gasteiger partial charge on any atom is -0.378 e. The number of likely N-dealkylation sites (tertiary alicyclic amines) is 1. The zero-order chi connectivity index (χ0) is 19.4. The van der Waals surface area contributed by atoms with Crippen molar-refractivity contribution in [2.45, 2.75) is 45.7 Å². The molecule has 2 saturated heterocycles. The van der Waals surface area contributed by atoms with Gasteiger partial charge in [0.25, 0.3) is 0 Å². The minimum absolute atomic E-state index is 0.0115. The van der Waals surface area contributed by atoms with E-state index in [2.05, 4.69) is 30.4 Å². The molecule has 2 aliphatic rings. The lowest BCUT2D eigenvalue weighted by Crippen LogP contribution is -2.53. The average Bonchev–Trinajstić information content (AvgIpc) is 2.67. The van der Waals surface area contributed by atoms with Crippen LogP contribution in [0.5, 0.6) is 0 Å². The topological polar surface area (TPSA) is 61.9 Å². The Morgan fingerprint density at radius 2 is 1.93 bits per heavy atom. The number of hydrogen-bond donors (Lipinski definition) is 1. The van der Waals surface area contributed by atoms with E-state index in [0.29, 0.717) is 32.8 Å². The van der Waals surface area contributed by atoms with Gasteiger partial charge in [0.05, 0.1) is 25.2 Å². The van der Waals surface area contributed by atoms with Crippen molar-refractivity contribution in [1.29, 1.82) is 0 Å². The molecule has 148 valence electrons. The summed E-state index contributed by atoms with van der Waals surface area (Å²) in [6.07, 6.45) is 1.61. The summed E-state index contributed by atoms with van der Waals surface area (Å²) in [5.74, 6) is 0.0189. The minimum atomic E-state index is -0.137. The predicted molar refractivity (Wildman–Crippen MR) is 104 cm³/mol. The monoisotopic (exact) mass is 373 g/mol. The Morgan fingerprint density at radius 1 is 1.19 bits per heavy atom. The van der Waals surface area contributed by atoms with Crippen LogP contribution in [0.1, 0.15) is 43.9 Å². The molecular formula is C21H31N3O3. The lowest BCUT2D eigenvalue weighted by atomic mass is 9.87. The SMILES string of the molecule is Cc1cccc(C2CCC(C(=O)N3CCOCC3)CN2C(=O)NC(C)C)c1. The zero-order valence-corrected chi connectivity index (χ0v) is 16.6. The second kappa shape index (κ2) is 8.74. The molecular weight excluding hydrogens is 342 g/mol. The number of hydrogen-bond acceptors (Lipinski definition) is 3. The molecule has 3 rings (SSSR count). The molecule has 0 aromatic heterocycles. The molecule has 3 amide bonds. The van der Waals surface area contributed by atoms with E-state index in [1.54, 1.807) is 0 Å². The van der Waals surface area contributed by atoms with Gasteiger partial charge in [0.15, 0.2) is 0 Å². The Kier molecular flexibility index (Phi) is 6.37. The normalized spacial score (nSPS) is 23.4. The Bertz CT molecular complexity index is 670. The Balaban J connectivity index is 1.78. The first-order valence-electron chi connectivity index (χ1n) is 9.96. The van der Waals surface area contributed by atoms with E-state index < -0.39 is 0 Å². The number of morpholine rings is 1. The van der Waals surface area contributed by atoms with Gasteiger partial charge in [-0.2, -0.15) is 0 Å². The number of carbonyl (C=O) groups is 2. The summed E-state index contributed by atoms with van der Waals surface area (Å²) in [5.41, 5.74) is 2.33. The van der Waals surface area contributed by atoms with Gasteiger partial charge in [-0.25, -0.2) is 4.79 Å². The van der Waals surface area contributed by atoms with Crippen molar-refractivity contribution in [2.75, 3.05) is 32.8 Å².